The van der Waals surface area contributed by atoms with Gasteiger partial charge in [-0.3, -0.25) is 9.59 Å². The molecule has 0 bridgehead atoms. The predicted octanol–water partition coefficient (Wildman–Crippen LogP) is 4.57. The van der Waals surface area contributed by atoms with Crippen molar-refractivity contribution in [1.29, 1.82) is 0 Å². The van der Waals surface area contributed by atoms with E-state index in [1.165, 1.54) is 0 Å². The van der Waals surface area contributed by atoms with Crippen molar-refractivity contribution in [2.24, 2.45) is 0 Å². The van der Waals surface area contributed by atoms with Gasteiger partial charge in [0.05, 0.1) is 5.69 Å². The summed E-state index contributed by atoms with van der Waals surface area (Å²) in [7, 11) is 0. The van der Waals surface area contributed by atoms with Crippen LogP contribution in [0.1, 0.15) is 22.8 Å². The molecule has 0 fully saturated rings. The molecule has 0 spiro atoms. The minimum absolute atomic E-state index is 0.0186. The van der Waals surface area contributed by atoms with Crippen LogP contribution in [0.3, 0.4) is 0 Å². The largest absolute Gasteiger partial charge is 0.350 e. The quantitative estimate of drug-likeness (QED) is 0.680. The van der Waals surface area contributed by atoms with Crippen LogP contribution in [-0.4, -0.2) is 18.4 Å². The first kappa shape index (κ1) is 19.3. The van der Waals surface area contributed by atoms with Crippen LogP contribution in [0.5, 0.6) is 0 Å². The summed E-state index contributed by atoms with van der Waals surface area (Å²) >= 11 is 1.68. The zero-order chi connectivity index (χ0) is 20.1. The van der Waals surface area contributed by atoms with E-state index in [4.69, 9.17) is 0 Å². The molecule has 0 saturated carbocycles. The summed E-state index contributed by atoms with van der Waals surface area (Å²) in [6, 6.07) is 27.6. The maximum atomic E-state index is 13.1. The lowest BCUT2D eigenvalue weighted by atomic mass is 10.1. The molecule has 4 nitrogen and oxygen atoms in total. The molecule has 3 aromatic rings. The molecule has 2 amide bonds. The van der Waals surface area contributed by atoms with Gasteiger partial charge in [0.2, 0.25) is 11.8 Å². The fourth-order valence-electron chi connectivity index (χ4n) is 3.40. The molecular weight excluding hydrogens is 380 g/mol. The Morgan fingerprint density at radius 3 is 2.34 bits per heavy atom. The van der Waals surface area contributed by atoms with E-state index in [0.717, 1.165) is 21.7 Å². The SMILES string of the molecule is O=C(CN1C(=O)CC(c2ccccc2)Sc2ccccc21)NCc1ccccc1. The molecule has 3 aromatic carbocycles. The predicted molar refractivity (Wildman–Crippen MR) is 117 cm³/mol. The highest BCUT2D eigenvalue weighted by Crippen LogP contribution is 2.45. The van der Waals surface area contributed by atoms with E-state index in [0.29, 0.717) is 13.0 Å². The molecule has 29 heavy (non-hydrogen) atoms. The van der Waals surface area contributed by atoms with E-state index in [9.17, 15) is 9.59 Å². The number of amides is 2. The average Bonchev–Trinajstić information content (AvgIpc) is 2.90. The number of carbonyl (C=O) groups excluding carboxylic acids is 2. The number of anilines is 1. The Morgan fingerprint density at radius 1 is 0.931 bits per heavy atom. The molecule has 0 aromatic heterocycles. The average molecular weight is 403 g/mol. The Balaban J connectivity index is 1.52. The Bertz CT molecular complexity index is 992. The lowest BCUT2D eigenvalue weighted by Gasteiger charge is -2.22. The van der Waals surface area contributed by atoms with Gasteiger partial charge in [0.15, 0.2) is 0 Å². The molecule has 1 aliphatic heterocycles. The highest BCUT2D eigenvalue weighted by atomic mass is 32.2. The number of para-hydroxylation sites is 1. The van der Waals surface area contributed by atoms with E-state index in [1.807, 2.05) is 72.8 Å². The zero-order valence-corrected chi connectivity index (χ0v) is 16.8. The fraction of sp³-hybridized carbons (Fsp3) is 0.167. The van der Waals surface area contributed by atoms with Gasteiger partial charge in [-0.05, 0) is 23.3 Å². The van der Waals surface area contributed by atoms with Gasteiger partial charge in [0, 0.05) is 23.1 Å². The Kier molecular flexibility index (Phi) is 5.96. The van der Waals surface area contributed by atoms with E-state index in [1.54, 1.807) is 16.7 Å². The summed E-state index contributed by atoms with van der Waals surface area (Å²) in [6.07, 6.45) is 0.356. The molecule has 1 unspecified atom stereocenters. The molecule has 1 aliphatic rings. The fourth-order valence-corrected chi connectivity index (χ4v) is 4.68. The molecule has 146 valence electrons. The van der Waals surface area contributed by atoms with Gasteiger partial charge in [0.25, 0.3) is 0 Å². The smallest absolute Gasteiger partial charge is 0.240 e. The molecule has 1 N–H and O–H groups in total. The van der Waals surface area contributed by atoms with Gasteiger partial charge in [-0.15, -0.1) is 11.8 Å². The van der Waals surface area contributed by atoms with Crippen molar-refractivity contribution in [2.45, 2.75) is 23.1 Å². The van der Waals surface area contributed by atoms with Crippen LogP contribution >= 0.6 is 11.8 Å². The van der Waals surface area contributed by atoms with Gasteiger partial charge in [0.1, 0.15) is 6.54 Å². The van der Waals surface area contributed by atoms with Crippen LogP contribution in [0.15, 0.2) is 89.8 Å². The first-order chi connectivity index (χ1) is 14.2. The number of rotatable bonds is 5. The van der Waals surface area contributed by atoms with Gasteiger partial charge < -0.3 is 10.2 Å². The molecular formula is C24H22N2O2S. The second-order valence-electron chi connectivity index (χ2n) is 6.93. The Labute approximate surface area is 174 Å². The third-order valence-corrected chi connectivity index (χ3v) is 6.21. The third kappa shape index (κ3) is 4.69. The summed E-state index contributed by atoms with van der Waals surface area (Å²) < 4.78 is 0. The lowest BCUT2D eigenvalue weighted by molar-refractivity contribution is -0.124. The van der Waals surface area contributed by atoms with Crippen LogP contribution in [0.4, 0.5) is 5.69 Å². The first-order valence-corrected chi connectivity index (χ1v) is 10.5. The molecule has 0 aliphatic carbocycles. The number of hydrogen-bond donors (Lipinski definition) is 1. The number of benzene rings is 3. The molecule has 0 radical (unpaired) electrons. The van der Waals surface area contributed by atoms with Crippen molar-refractivity contribution in [3.8, 4) is 0 Å². The third-order valence-electron chi connectivity index (χ3n) is 4.89. The van der Waals surface area contributed by atoms with Crippen molar-refractivity contribution in [3.63, 3.8) is 0 Å². The van der Waals surface area contributed by atoms with Gasteiger partial charge in [-0.1, -0.05) is 72.8 Å². The van der Waals surface area contributed by atoms with Crippen molar-refractivity contribution >= 4 is 29.3 Å². The topological polar surface area (TPSA) is 49.4 Å². The van der Waals surface area contributed by atoms with Crippen LogP contribution in [0, 0.1) is 0 Å². The van der Waals surface area contributed by atoms with Crippen molar-refractivity contribution < 1.29 is 9.59 Å². The number of thioether (sulfide) groups is 1. The molecule has 1 atom stereocenters. The summed E-state index contributed by atoms with van der Waals surface area (Å²) in [5.41, 5.74) is 2.95. The van der Waals surface area contributed by atoms with Crippen LogP contribution in [-0.2, 0) is 16.1 Å². The molecule has 5 heteroatoms. The standard InChI is InChI=1S/C24H22N2O2S/c27-23(25-16-18-9-3-1-4-10-18)17-26-20-13-7-8-14-21(20)29-22(15-24(26)28)19-11-5-2-6-12-19/h1-14,22H,15-17H2,(H,25,27). The number of nitrogens with one attached hydrogen (secondary N) is 1. The van der Waals surface area contributed by atoms with Crippen LogP contribution < -0.4 is 10.2 Å². The number of carbonyl (C=O) groups is 2. The summed E-state index contributed by atoms with van der Waals surface area (Å²) in [5, 5.41) is 2.95. The van der Waals surface area contributed by atoms with E-state index >= 15 is 0 Å². The van der Waals surface area contributed by atoms with E-state index in [2.05, 4.69) is 17.4 Å². The number of hydrogen-bond acceptors (Lipinski definition) is 3. The zero-order valence-electron chi connectivity index (χ0n) is 16.0. The second kappa shape index (κ2) is 8.97. The van der Waals surface area contributed by atoms with E-state index < -0.39 is 0 Å². The molecule has 0 saturated heterocycles. The summed E-state index contributed by atoms with van der Waals surface area (Å²) in [5.74, 6) is -0.202. The molecule has 4 rings (SSSR count). The van der Waals surface area contributed by atoms with Crippen molar-refractivity contribution in [3.05, 3.63) is 96.1 Å². The van der Waals surface area contributed by atoms with Gasteiger partial charge in [-0.25, -0.2) is 0 Å². The van der Waals surface area contributed by atoms with Gasteiger partial charge >= 0.3 is 0 Å². The normalized spacial score (nSPS) is 16.1. The lowest BCUT2D eigenvalue weighted by Crippen LogP contribution is -2.40. The highest BCUT2D eigenvalue weighted by Gasteiger charge is 2.30. The first-order valence-electron chi connectivity index (χ1n) is 9.62. The maximum absolute atomic E-state index is 13.1. The van der Waals surface area contributed by atoms with Crippen LogP contribution in [0.25, 0.3) is 0 Å². The van der Waals surface area contributed by atoms with Gasteiger partial charge in [-0.2, -0.15) is 0 Å². The minimum Gasteiger partial charge on any atom is -0.350 e. The Hall–Kier alpha value is -3.05. The maximum Gasteiger partial charge on any atom is 0.240 e. The van der Waals surface area contributed by atoms with Crippen molar-refractivity contribution in [1.82, 2.24) is 5.32 Å². The number of nitrogens with zero attached hydrogens (tertiary/aromatic N) is 1. The van der Waals surface area contributed by atoms with Crippen LogP contribution in [0.2, 0.25) is 0 Å². The monoisotopic (exact) mass is 402 g/mol. The minimum atomic E-state index is -0.167. The van der Waals surface area contributed by atoms with E-state index in [-0.39, 0.29) is 23.6 Å². The second-order valence-corrected chi connectivity index (χ2v) is 8.18. The highest BCUT2D eigenvalue weighted by molar-refractivity contribution is 7.99. The summed E-state index contributed by atoms with van der Waals surface area (Å²) in [6.45, 7) is 0.468. The molecule has 1 heterocycles. The Morgan fingerprint density at radius 2 is 1.59 bits per heavy atom. The summed E-state index contributed by atoms with van der Waals surface area (Å²) in [4.78, 5) is 28.3. The number of fused-ring (bicyclic) bond motifs is 1. The van der Waals surface area contributed by atoms with Crippen molar-refractivity contribution in [2.75, 3.05) is 11.4 Å².